The van der Waals surface area contributed by atoms with Crippen molar-refractivity contribution >= 4 is 5.84 Å². The maximum atomic E-state index is 8.64. The predicted octanol–water partition coefficient (Wildman–Crippen LogP) is 1.03. The second-order valence-corrected chi connectivity index (χ2v) is 4.15. The Morgan fingerprint density at radius 2 is 2.11 bits per heavy atom. The molecule has 5 N–H and O–H groups in total. The molecule has 0 unspecified atom stereocenters. The van der Waals surface area contributed by atoms with Gasteiger partial charge in [0.05, 0.1) is 0 Å². The third kappa shape index (κ3) is 5.16. The Bertz CT molecular complexity index is 380. The molecule has 1 aromatic rings. The Morgan fingerprint density at radius 3 is 2.83 bits per heavy atom. The standard InChI is InChI=1S/C13H21N3O2/c14-13(16-18)12-6-4-5-11(9-12)10-15-7-2-1-3-8-17/h4-6,9,15,17-18H,1-3,7-8,10H2,(H2,14,16). The van der Waals surface area contributed by atoms with Crippen LogP contribution in [0.2, 0.25) is 0 Å². The molecule has 1 rings (SSSR count). The summed E-state index contributed by atoms with van der Waals surface area (Å²) in [4.78, 5) is 0. The van der Waals surface area contributed by atoms with Gasteiger partial charge in [-0.15, -0.1) is 0 Å². The summed E-state index contributed by atoms with van der Waals surface area (Å²) < 4.78 is 0. The van der Waals surface area contributed by atoms with Gasteiger partial charge in [0.2, 0.25) is 0 Å². The lowest BCUT2D eigenvalue weighted by molar-refractivity contribution is 0.283. The van der Waals surface area contributed by atoms with Crippen LogP contribution in [0.4, 0.5) is 0 Å². The van der Waals surface area contributed by atoms with Crippen LogP contribution in [0.15, 0.2) is 29.4 Å². The van der Waals surface area contributed by atoms with Gasteiger partial charge < -0.3 is 21.4 Å². The van der Waals surface area contributed by atoms with E-state index < -0.39 is 0 Å². The summed E-state index contributed by atoms with van der Waals surface area (Å²) in [6, 6.07) is 7.58. The van der Waals surface area contributed by atoms with Gasteiger partial charge in [0.15, 0.2) is 5.84 Å². The van der Waals surface area contributed by atoms with Crippen molar-refractivity contribution in [3.8, 4) is 0 Å². The van der Waals surface area contributed by atoms with Crippen molar-refractivity contribution in [2.45, 2.75) is 25.8 Å². The van der Waals surface area contributed by atoms with Gasteiger partial charge >= 0.3 is 0 Å². The number of rotatable bonds is 8. The maximum Gasteiger partial charge on any atom is 0.170 e. The van der Waals surface area contributed by atoms with E-state index in [4.69, 9.17) is 16.0 Å². The van der Waals surface area contributed by atoms with Crippen LogP contribution in [0.1, 0.15) is 30.4 Å². The van der Waals surface area contributed by atoms with Crippen LogP contribution in [0.25, 0.3) is 0 Å². The predicted molar refractivity (Wildman–Crippen MR) is 71.6 cm³/mol. The highest BCUT2D eigenvalue weighted by molar-refractivity contribution is 5.97. The molecule has 0 radical (unpaired) electrons. The fourth-order valence-electron chi connectivity index (χ4n) is 1.67. The topological polar surface area (TPSA) is 90.9 Å². The lowest BCUT2D eigenvalue weighted by Crippen LogP contribution is -2.16. The summed E-state index contributed by atoms with van der Waals surface area (Å²) in [5.41, 5.74) is 7.35. The molecule has 5 heteroatoms. The zero-order valence-corrected chi connectivity index (χ0v) is 10.5. The minimum atomic E-state index is 0.125. The van der Waals surface area contributed by atoms with E-state index in [9.17, 15) is 0 Å². The van der Waals surface area contributed by atoms with Crippen molar-refractivity contribution in [1.82, 2.24) is 5.32 Å². The third-order valence-electron chi connectivity index (χ3n) is 2.67. The number of aliphatic hydroxyl groups is 1. The van der Waals surface area contributed by atoms with Crippen molar-refractivity contribution < 1.29 is 10.3 Å². The normalized spacial score (nSPS) is 11.7. The molecule has 0 bridgehead atoms. The van der Waals surface area contributed by atoms with Crippen LogP contribution in [-0.2, 0) is 6.54 Å². The number of hydrogen-bond donors (Lipinski definition) is 4. The van der Waals surface area contributed by atoms with Crippen molar-refractivity contribution in [3.63, 3.8) is 0 Å². The first-order chi connectivity index (χ1) is 8.77. The molecule has 100 valence electrons. The van der Waals surface area contributed by atoms with Gasteiger partial charge in [-0.2, -0.15) is 0 Å². The van der Waals surface area contributed by atoms with E-state index >= 15 is 0 Å². The Morgan fingerprint density at radius 1 is 1.28 bits per heavy atom. The van der Waals surface area contributed by atoms with Crippen LogP contribution < -0.4 is 11.1 Å². The first kappa shape index (κ1) is 14.5. The minimum Gasteiger partial charge on any atom is -0.409 e. The average molecular weight is 251 g/mol. The Balaban J connectivity index is 2.34. The van der Waals surface area contributed by atoms with Gasteiger partial charge in [0.1, 0.15) is 0 Å². The number of hydrogen-bond acceptors (Lipinski definition) is 4. The molecule has 1 aromatic carbocycles. The number of nitrogens with one attached hydrogen (secondary N) is 1. The second-order valence-electron chi connectivity index (χ2n) is 4.15. The fraction of sp³-hybridized carbons (Fsp3) is 0.462. The molecule has 0 aliphatic carbocycles. The molecule has 0 saturated carbocycles. The van der Waals surface area contributed by atoms with Crippen molar-refractivity contribution in [1.29, 1.82) is 0 Å². The van der Waals surface area contributed by atoms with E-state index in [2.05, 4.69) is 10.5 Å². The summed E-state index contributed by atoms with van der Waals surface area (Å²) in [7, 11) is 0. The summed E-state index contributed by atoms with van der Waals surface area (Å²) in [6.07, 6.45) is 2.95. The molecule has 0 fully saturated rings. The molecular weight excluding hydrogens is 230 g/mol. The van der Waals surface area contributed by atoms with Gasteiger partial charge in [-0.1, -0.05) is 23.4 Å². The van der Waals surface area contributed by atoms with Gasteiger partial charge in [0.25, 0.3) is 0 Å². The van der Waals surface area contributed by atoms with Crippen LogP contribution in [0, 0.1) is 0 Å². The minimum absolute atomic E-state index is 0.125. The lowest BCUT2D eigenvalue weighted by Gasteiger charge is -2.06. The highest BCUT2D eigenvalue weighted by atomic mass is 16.4. The molecular formula is C13H21N3O2. The van der Waals surface area contributed by atoms with E-state index in [1.54, 1.807) is 6.07 Å². The van der Waals surface area contributed by atoms with E-state index in [0.717, 1.165) is 43.5 Å². The number of nitrogens with two attached hydrogens (primary N) is 1. The summed E-state index contributed by atoms with van der Waals surface area (Å²) in [5, 5.41) is 23.5. The monoisotopic (exact) mass is 251 g/mol. The molecule has 5 nitrogen and oxygen atoms in total. The van der Waals surface area contributed by atoms with Gasteiger partial charge in [0, 0.05) is 18.7 Å². The van der Waals surface area contributed by atoms with Crippen LogP contribution in [-0.4, -0.2) is 29.3 Å². The summed E-state index contributed by atoms with van der Waals surface area (Å²) in [5.74, 6) is 0.125. The number of aliphatic hydroxyl groups excluding tert-OH is 1. The molecule has 18 heavy (non-hydrogen) atoms. The highest BCUT2D eigenvalue weighted by Crippen LogP contribution is 2.05. The SMILES string of the molecule is N/C(=N/O)c1cccc(CNCCCCCO)c1. The Labute approximate surface area is 107 Å². The first-order valence-corrected chi connectivity index (χ1v) is 6.16. The first-order valence-electron chi connectivity index (χ1n) is 6.16. The van der Waals surface area contributed by atoms with Crippen molar-refractivity contribution in [2.24, 2.45) is 10.9 Å². The van der Waals surface area contributed by atoms with E-state index in [0.29, 0.717) is 0 Å². The van der Waals surface area contributed by atoms with E-state index in [-0.39, 0.29) is 12.4 Å². The smallest absolute Gasteiger partial charge is 0.170 e. The molecule has 0 aliphatic rings. The van der Waals surface area contributed by atoms with Crippen molar-refractivity contribution in [3.05, 3.63) is 35.4 Å². The largest absolute Gasteiger partial charge is 0.409 e. The van der Waals surface area contributed by atoms with Gasteiger partial charge in [-0.3, -0.25) is 0 Å². The van der Waals surface area contributed by atoms with Crippen LogP contribution in [0.3, 0.4) is 0 Å². The summed E-state index contributed by atoms with van der Waals surface area (Å²) >= 11 is 0. The van der Waals surface area contributed by atoms with Gasteiger partial charge in [-0.05, 0) is 37.4 Å². The van der Waals surface area contributed by atoms with Crippen LogP contribution in [0.5, 0.6) is 0 Å². The molecule has 0 atom stereocenters. The number of nitrogens with zero attached hydrogens (tertiary/aromatic N) is 1. The summed E-state index contributed by atoms with van der Waals surface area (Å²) in [6.45, 7) is 1.95. The lowest BCUT2D eigenvalue weighted by atomic mass is 10.1. The number of benzene rings is 1. The number of unbranched alkanes of at least 4 members (excludes halogenated alkanes) is 2. The molecule has 0 aromatic heterocycles. The number of oxime groups is 1. The zero-order valence-electron chi connectivity index (χ0n) is 10.5. The number of amidine groups is 1. The maximum absolute atomic E-state index is 8.64. The molecule has 0 saturated heterocycles. The van der Waals surface area contributed by atoms with Crippen molar-refractivity contribution in [2.75, 3.05) is 13.2 Å². The molecule has 0 spiro atoms. The van der Waals surface area contributed by atoms with Crippen LogP contribution >= 0.6 is 0 Å². The second kappa shape index (κ2) is 8.49. The Hall–Kier alpha value is -1.59. The molecule has 0 heterocycles. The zero-order chi connectivity index (χ0) is 13.2. The van der Waals surface area contributed by atoms with E-state index in [1.807, 2.05) is 18.2 Å². The molecule has 0 amide bonds. The quantitative estimate of drug-likeness (QED) is 0.183. The Kier molecular flexibility index (Phi) is 6.83. The van der Waals surface area contributed by atoms with E-state index in [1.165, 1.54) is 0 Å². The fourth-order valence-corrected chi connectivity index (χ4v) is 1.67. The molecule has 0 aliphatic heterocycles. The van der Waals surface area contributed by atoms with Gasteiger partial charge in [-0.25, -0.2) is 0 Å². The third-order valence-corrected chi connectivity index (χ3v) is 2.67. The highest BCUT2D eigenvalue weighted by Gasteiger charge is 2.00. The average Bonchev–Trinajstić information content (AvgIpc) is 2.42.